The Kier molecular flexibility index (Phi) is 5.25. The molecule has 0 radical (unpaired) electrons. The number of rotatable bonds is 6. The fourth-order valence-electron chi connectivity index (χ4n) is 1.41. The zero-order valence-corrected chi connectivity index (χ0v) is 11.3. The molecule has 0 saturated carbocycles. The molecule has 0 unspecified atom stereocenters. The van der Waals surface area contributed by atoms with Crippen molar-refractivity contribution in [3.63, 3.8) is 0 Å². The van der Waals surface area contributed by atoms with Crippen LogP contribution in [0.5, 0.6) is 0 Å². The molecule has 102 valence electrons. The van der Waals surface area contributed by atoms with Crippen LogP contribution in [0.15, 0.2) is 23.1 Å². The summed E-state index contributed by atoms with van der Waals surface area (Å²) in [6, 6.07) is 3.54. The smallest absolute Gasteiger partial charge is 0.243 e. The third-order valence-corrected chi connectivity index (χ3v) is 3.96. The molecule has 2 N–H and O–H groups in total. The highest BCUT2D eigenvalue weighted by Gasteiger charge is 2.19. The molecule has 0 fully saturated rings. The van der Waals surface area contributed by atoms with Crippen molar-refractivity contribution in [2.45, 2.75) is 31.8 Å². The van der Waals surface area contributed by atoms with Gasteiger partial charge in [0.15, 0.2) is 0 Å². The van der Waals surface area contributed by atoms with E-state index in [-0.39, 0.29) is 13.2 Å². The van der Waals surface area contributed by atoms with Crippen molar-refractivity contribution in [2.75, 3.05) is 6.54 Å². The molecular weight excluding hydrogens is 257 g/mol. The van der Waals surface area contributed by atoms with Gasteiger partial charge in [0.25, 0.3) is 0 Å². The molecule has 0 saturated heterocycles. The minimum Gasteiger partial charge on any atom is -0.392 e. The van der Waals surface area contributed by atoms with Gasteiger partial charge in [0.1, 0.15) is 10.7 Å². The van der Waals surface area contributed by atoms with Crippen molar-refractivity contribution in [3.8, 4) is 0 Å². The Morgan fingerprint density at radius 2 is 2.06 bits per heavy atom. The van der Waals surface area contributed by atoms with Crippen molar-refractivity contribution in [1.29, 1.82) is 0 Å². The van der Waals surface area contributed by atoms with E-state index in [1.807, 2.05) is 13.8 Å². The van der Waals surface area contributed by atoms with E-state index in [1.165, 1.54) is 6.07 Å². The first kappa shape index (κ1) is 15.1. The molecule has 1 aromatic rings. The molecule has 0 aliphatic rings. The molecule has 0 atom stereocenters. The number of aliphatic hydroxyl groups excluding tert-OH is 1. The Morgan fingerprint density at radius 1 is 1.39 bits per heavy atom. The number of hydrogen-bond acceptors (Lipinski definition) is 3. The molecular formula is C12H18FNO3S. The summed E-state index contributed by atoms with van der Waals surface area (Å²) in [6.07, 6.45) is 0.681. The SMILES string of the molecule is CC(C)CCNS(=O)(=O)c1cc(CO)ccc1F. The highest BCUT2D eigenvalue weighted by molar-refractivity contribution is 7.89. The van der Waals surface area contributed by atoms with E-state index in [2.05, 4.69) is 4.72 Å². The van der Waals surface area contributed by atoms with E-state index in [9.17, 15) is 12.8 Å². The predicted molar refractivity (Wildman–Crippen MR) is 67.0 cm³/mol. The molecule has 1 rings (SSSR count). The molecule has 0 aliphatic carbocycles. The van der Waals surface area contributed by atoms with Gasteiger partial charge < -0.3 is 5.11 Å². The van der Waals surface area contributed by atoms with Crippen molar-refractivity contribution in [3.05, 3.63) is 29.6 Å². The molecule has 4 nitrogen and oxygen atoms in total. The molecule has 0 aromatic heterocycles. The third-order valence-electron chi connectivity index (χ3n) is 2.48. The van der Waals surface area contributed by atoms with E-state index in [1.54, 1.807) is 0 Å². The van der Waals surface area contributed by atoms with E-state index >= 15 is 0 Å². The van der Waals surface area contributed by atoms with Crippen molar-refractivity contribution in [1.82, 2.24) is 4.72 Å². The number of halogens is 1. The normalized spacial score (nSPS) is 12.1. The maximum atomic E-state index is 13.5. The molecule has 1 aromatic carbocycles. The van der Waals surface area contributed by atoms with E-state index < -0.39 is 20.7 Å². The lowest BCUT2D eigenvalue weighted by atomic mass is 10.1. The molecule has 0 heterocycles. The summed E-state index contributed by atoms with van der Waals surface area (Å²) in [5.74, 6) is -0.453. The first-order valence-corrected chi connectivity index (χ1v) is 7.24. The van der Waals surface area contributed by atoms with Gasteiger partial charge in [0.05, 0.1) is 6.61 Å². The van der Waals surface area contributed by atoms with Crippen molar-refractivity contribution in [2.24, 2.45) is 5.92 Å². The highest BCUT2D eigenvalue weighted by Crippen LogP contribution is 2.16. The maximum absolute atomic E-state index is 13.5. The van der Waals surface area contributed by atoms with Crippen LogP contribution >= 0.6 is 0 Å². The van der Waals surface area contributed by atoms with Crippen LogP contribution in [0.1, 0.15) is 25.8 Å². The predicted octanol–water partition coefficient (Wildman–Crippen LogP) is 1.64. The first-order valence-electron chi connectivity index (χ1n) is 5.75. The quantitative estimate of drug-likeness (QED) is 0.829. The molecule has 0 amide bonds. The Labute approximate surface area is 107 Å². The summed E-state index contributed by atoms with van der Waals surface area (Å²) in [7, 11) is -3.86. The molecule has 0 spiro atoms. The van der Waals surface area contributed by atoms with Gasteiger partial charge >= 0.3 is 0 Å². The number of sulfonamides is 1. The summed E-state index contributed by atoms with van der Waals surface area (Å²) < 4.78 is 39.6. The van der Waals surface area contributed by atoms with Crippen LogP contribution in [0.3, 0.4) is 0 Å². The fraction of sp³-hybridized carbons (Fsp3) is 0.500. The van der Waals surface area contributed by atoms with E-state index in [0.29, 0.717) is 17.9 Å². The molecule has 0 aliphatic heterocycles. The third kappa shape index (κ3) is 4.04. The lowest BCUT2D eigenvalue weighted by Crippen LogP contribution is -2.26. The Bertz CT molecular complexity index is 500. The Morgan fingerprint density at radius 3 is 2.61 bits per heavy atom. The highest BCUT2D eigenvalue weighted by atomic mass is 32.2. The number of benzene rings is 1. The molecule has 6 heteroatoms. The Balaban J connectivity index is 2.90. The van der Waals surface area contributed by atoms with Gasteiger partial charge in [-0.25, -0.2) is 17.5 Å². The van der Waals surface area contributed by atoms with Gasteiger partial charge in [-0.2, -0.15) is 0 Å². The maximum Gasteiger partial charge on any atom is 0.243 e. The van der Waals surface area contributed by atoms with Crippen LogP contribution in [0.25, 0.3) is 0 Å². The van der Waals surface area contributed by atoms with Gasteiger partial charge in [-0.1, -0.05) is 19.9 Å². The summed E-state index contributed by atoms with van der Waals surface area (Å²) in [5.41, 5.74) is 0.362. The average Bonchev–Trinajstić information content (AvgIpc) is 2.28. The monoisotopic (exact) mass is 275 g/mol. The number of nitrogens with one attached hydrogen (secondary N) is 1. The lowest BCUT2D eigenvalue weighted by molar-refractivity contribution is 0.281. The lowest BCUT2D eigenvalue weighted by Gasteiger charge is -2.10. The van der Waals surface area contributed by atoms with Gasteiger partial charge in [0, 0.05) is 6.54 Å². The second-order valence-corrected chi connectivity index (χ2v) is 6.24. The van der Waals surface area contributed by atoms with Gasteiger partial charge in [0.2, 0.25) is 10.0 Å². The van der Waals surface area contributed by atoms with Gasteiger partial charge in [-0.3, -0.25) is 0 Å². The Hall–Kier alpha value is -0.980. The topological polar surface area (TPSA) is 66.4 Å². The summed E-state index contributed by atoms with van der Waals surface area (Å²) in [5, 5.41) is 8.93. The number of hydrogen-bond donors (Lipinski definition) is 2. The second kappa shape index (κ2) is 6.26. The van der Waals surface area contributed by atoms with Crippen LogP contribution in [0.2, 0.25) is 0 Å². The second-order valence-electron chi connectivity index (χ2n) is 4.50. The zero-order chi connectivity index (χ0) is 13.8. The van der Waals surface area contributed by atoms with Crippen LogP contribution in [-0.2, 0) is 16.6 Å². The van der Waals surface area contributed by atoms with Gasteiger partial charge in [-0.15, -0.1) is 0 Å². The molecule has 0 bridgehead atoms. The summed E-state index contributed by atoms with van der Waals surface area (Å²) in [6.45, 7) is 3.89. The van der Waals surface area contributed by atoms with Crippen LogP contribution in [0.4, 0.5) is 4.39 Å². The first-order chi connectivity index (χ1) is 8.36. The van der Waals surface area contributed by atoms with Crippen LogP contribution < -0.4 is 4.72 Å². The minimum atomic E-state index is -3.86. The largest absolute Gasteiger partial charge is 0.392 e. The number of aliphatic hydroxyl groups is 1. The van der Waals surface area contributed by atoms with Crippen molar-refractivity contribution < 1.29 is 17.9 Å². The summed E-state index contributed by atoms with van der Waals surface area (Å²) in [4.78, 5) is -0.419. The van der Waals surface area contributed by atoms with Crippen LogP contribution in [0, 0.1) is 11.7 Å². The van der Waals surface area contributed by atoms with Gasteiger partial charge in [-0.05, 0) is 30.0 Å². The van der Waals surface area contributed by atoms with E-state index in [0.717, 1.165) is 12.1 Å². The zero-order valence-electron chi connectivity index (χ0n) is 10.5. The van der Waals surface area contributed by atoms with E-state index in [4.69, 9.17) is 5.11 Å². The standard InChI is InChI=1S/C12H18FNO3S/c1-9(2)5-6-14-18(16,17)12-7-10(8-15)3-4-11(12)13/h3-4,7,9,14-15H,5-6,8H2,1-2H3. The average molecular weight is 275 g/mol. The summed E-state index contributed by atoms with van der Waals surface area (Å²) >= 11 is 0. The van der Waals surface area contributed by atoms with Crippen LogP contribution in [-0.4, -0.2) is 20.1 Å². The molecule has 18 heavy (non-hydrogen) atoms. The minimum absolute atomic E-state index is 0.267. The van der Waals surface area contributed by atoms with Crippen molar-refractivity contribution >= 4 is 10.0 Å². The fourth-order valence-corrected chi connectivity index (χ4v) is 2.59.